The monoisotopic (exact) mass is 443 g/mol. The van der Waals surface area contributed by atoms with E-state index in [9.17, 15) is 18.4 Å². The fraction of sp³-hybridized carbons (Fsp3) is 0.417. The highest BCUT2D eigenvalue weighted by Gasteiger charge is 2.34. The van der Waals surface area contributed by atoms with Gasteiger partial charge in [0, 0.05) is 25.2 Å². The third-order valence-electron chi connectivity index (χ3n) is 5.90. The zero-order valence-electron chi connectivity index (χ0n) is 17.9. The number of fused-ring (bicyclic) bond motifs is 1. The van der Waals surface area contributed by atoms with Crippen LogP contribution in [0.1, 0.15) is 24.8 Å². The molecule has 4 rings (SSSR count). The SMILES string of the molecule is O=C(CN1CC(C(=O)N2CCCCC2)Oc2ccccc21)NCCc1c(F)cccc1F. The first-order valence-corrected chi connectivity index (χ1v) is 11.0. The Morgan fingerprint density at radius 2 is 1.72 bits per heavy atom. The van der Waals surface area contributed by atoms with Crippen molar-refractivity contribution in [2.45, 2.75) is 31.8 Å². The first-order valence-electron chi connectivity index (χ1n) is 11.0. The summed E-state index contributed by atoms with van der Waals surface area (Å²) in [5.41, 5.74) is 0.696. The fourth-order valence-electron chi connectivity index (χ4n) is 4.23. The molecule has 1 N–H and O–H groups in total. The Morgan fingerprint density at radius 3 is 2.47 bits per heavy atom. The van der Waals surface area contributed by atoms with Gasteiger partial charge < -0.3 is 19.9 Å². The second-order valence-electron chi connectivity index (χ2n) is 8.14. The Hall–Kier alpha value is -3.16. The Kier molecular flexibility index (Phi) is 6.87. The standard InChI is InChI=1S/C24H27F2N3O3/c25-18-7-6-8-19(26)17(18)11-12-27-23(30)16-29-15-22(24(31)28-13-4-1-5-14-28)32-21-10-3-2-9-20(21)29/h2-3,6-10,22H,1,4-5,11-16H2,(H,27,30). The van der Waals surface area contributed by atoms with Crippen LogP contribution >= 0.6 is 0 Å². The molecular formula is C24H27F2N3O3. The third kappa shape index (κ3) is 5.00. The van der Waals surface area contributed by atoms with Crippen LogP contribution in [0.4, 0.5) is 14.5 Å². The number of nitrogens with one attached hydrogen (secondary N) is 1. The van der Waals surface area contributed by atoms with Crippen molar-refractivity contribution in [3.05, 3.63) is 59.7 Å². The number of hydrogen-bond acceptors (Lipinski definition) is 4. The van der Waals surface area contributed by atoms with Gasteiger partial charge in [-0.15, -0.1) is 0 Å². The molecule has 0 aliphatic carbocycles. The van der Waals surface area contributed by atoms with E-state index >= 15 is 0 Å². The first kappa shape index (κ1) is 22.0. The molecule has 32 heavy (non-hydrogen) atoms. The molecule has 0 aromatic heterocycles. The van der Waals surface area contributed by atoms with Gasteiger partial charge in [0.2, 0.25) is 5.91 Å². The molecule has 1 atom stereocenters. The molecule has 2 heterocycles. The Balaban J connectivity index is 1.39. The predicted molar refractivity (Wildman–Crippen MR) is 117 cm³/mol. The van der Waals surface area contributed by atoms with Gasteiger partial charge in [0.15, 0.2) is 6.10 Å². The summed E-state index contributed by atoms with van der Waals surface area (Å²) < 4.78 is 33.5. The van der Waals surface area contributed by atoms with Crippen molar-refractivity contribution in [1.29, 1.82) is 0 Å². The number of halogens is 2. The molecule has 2 aliphatic heterocycles. The fourth-order valence-corrected chi connectivity index (χ4v) is 4.23. The van der Waals surface area contributed by atoms with Crippen LogP contribution in [0.25, 0.3) is 0 Å². The number of likely N-dealkylation sites (tertiary alicyclic amines) is 1. The molecule has 1 fully saturated rings. The minimum atomic E-state index is -0.677. The minimum absolute atomic E-state index is 0.0178. The van der Waals surface area contributed by atoms with Gasteiger partial charge in [0.1, 0.15) is 17.4 Å². The van der Waals surface area contributed by atoms with E-state index in [0.29, 0.717) is 5.75 Å². The highest BCUT2D eigenvalue weighted by Crippen LogP contribution is 2.33. The lowest BCUT2D eigenvalue weighted by molar-refractivity contribution is -0.139. The van der Waals surface area contributed by atoms with E-state index in [0.717, 1.165) is 38.0 Å². The molecule has 170 valence electrons. The molecule has 2 aromatic carbocycles. The van der Waals surface area contributed by atoms with Gasteiger partial charge in [-0.3, -0.25) is 9.59 Å². The topological polar surface area (TPSA) is 61.9 Å². The van der Waals surface area contributed by atoms with E-state index in [-0.39, 0.29) is 43.4 Å². The number of carbonyl (C=O) groups excluding carboxylic acids is 2. The van der Waals surface area contributed by atoms with Crippen LogP contribution < -0.4 is 15.0 Å². The number of anilines is 1. The quantitative estimate of drug-likeness (QED) is 0.746. The van der Waals surface area contributed by atoms with Crippen LogP contribution in [0, 0.1) is 11.6 Å². The summed E-state index contributed by atoms with van der Waals surface area (Å²) in [6.07, 6.45) is 2.48. The molecule has 2 amide bonds. The molecule has 2 aromatic rings. The Morgan fingerprint density at radius 1 is 1.00 bits per heavy atom. The van der Waals surface area contributed by atoms with Gasteiger partial charge in [-0.25, -0.2) is 8.78 Å². The van der Waals surface area contributed by atoms with Gasteiger partial charge in [-0.05, 0) is 49.9 Å². The predicted octanol–water partition coefficient (Wildman–Crippen LogP) is 2.90. The van der Waals surface area contributed by atoms with Gasteiger partial charge in [-0.1, -0.05) is 18.2 Å². The van der Waals surface area contributed by atoms with Crippen molar-refractivity contribution in [2.75, 3.05) is 37.6 Å². The smallest absolute Gasteiger partial charge is 0.265 e. The van der Waals surface area contributed by atoms with Gasteiger partial charge in [0.25, 0.3) is 5.91 Å². The maximum Gasteiger partial charge on any atom is 0.265 e. The third-order valence-corrected chi connectivity index (χ3v) is 5.90. The van der Waals surface area contributed by atoms with Crippen LogP contribution in [-0.4, -0.2) is 55.5 Å². The van der Waals surface area contributed by atoms with Crippen molar-refractivity contribution < 1.29 is 23.1 Å². The minimum Gasteiger partial charge on any atom is -0.477 e. The summed E-state index contributed by atoms with van der Waals surface area (Å²) in [6.45, 7) is 1.85. The van der Waals surface area contributed by atoms with E-state index < -0.39 is 17.7 Å². The van der Waals surface area contributed by atoms with E-state index in [1.54, 1.807) is 6.07 Å². The van der Waals surface area contributed by atoms with E-state index in [1.165, 1.54) is 18.2 Å². The average Bonchev–Trinajstić information content (AvgIpc) is 2.81. The first-order chi connectivity index (χ1) is 15.5. The van der Waals surface area contributed by atoms with Crippen molar-refractivity contribution >= 4 is 17.5 Å². The van der Waals surface area contributed by atoms with E-state index in [1.807, 2.05) is 28.0 Å². The van der Waals surface area contributed by atoms with Gasteiger partial charge in [0.05, 0.1) is 18.8 Å². The highest BCUT2D eigenvalue weighted by molar-refractivity contribution is 5.86. The van der Waals surface area contributed by atoms with Crippen molar-refractivity contribution in [2.24, 2.45) is 0 Å². The number of rotatable bonds is 6. The van der Waals surface area contributed by atoms with Crippen LogP contribution in [0.5, 0.6) is 5.75 Å². The highest BCUT2D eigenvalue weighted by atomic mass is 19.1. The van der Waals surface area contributed by atoms with Crippen LogP contribution in [0.3, 0.4) is 0 Å². The second kappa shape index (κ2) is 9.97. The van der Waals surface area contributed by atoms with Gasteiger partial charge >= 0.3 is 0 Å². The number of nitrogens with zero attached hydrogens (tertiary/aromatic N) is 2. The molecule has 0 saturated carbocycles. The number of amides is 2. The maximum absolute atomic E-state index is 13.8. The zero-order valence-corrected chi connectivity index (χ0v) is 17.9. The van der Waals surface area contributed by atoms with Crippen molar-refractivity contribution in [1.82, 2.24) is 10.2 Å². The summed E-state index contributed by atoms with van der Waals surface area (Å²) in [7, 11) is 0. The lowest BCUT2D eigenvalue weighted by Crippen LogP contribution is -2.53. The van der Waals surface area contributed by atoms with Crippen LogP contribution in [-0.2, 0) is 16.0 Å². The zero-order chi connectivity index (χ0) is 22.5. The van der Waals surface area contributed by atoms with Crippen LogP contribution in [0.2, 0.25) is 0 Å². The molecule has 0 bridgehead atoms. The Labute approximate surface area is 186 Å². The largest absolute Gasteiger partial charge is 0.477 e. The Bertz CT molecular complexity index is 958. The summed E-state index contributed by atoms with van der Waals surface area (Å²) in [6, 6.07) is 11.0. The average molecular weight is 443 g/mol. The lowest BCUT2D eigenvalue weighted by atomic mass is 10.1. The molecule has 0 radical (unpaired) electrons. The van der Waals surface area contributed by atoms with Crippen molar-refractivity contribution in [3.8, 4) is 5.75 Å². The molecule has 6 nitrogen and oxygen atoms in total. The summed E-state index contributed by atoms with van der Waals surface area (Å²) >= 11 is 0. The van der Waals surface area contributed by atoms with E-state index in [4.69, 9.17) is 4.74 Å². The number of hydrogen-bond donors (Lipinski definition) is 1. The van der Waals surface area contributed by atoms with Crippen molar-refractivity contribution in [3.63, 3.8) is 0 Å². The number of carbonyl (C=O) groups is 2. The second-order valence-corrected chi connectivity index (χ2v) is 8.14. The number of para-hydroxylation sites is 2. The van der Waals surface area contributed by atoms with Gasteiger partial charge in [-0.2, -0.15) is 0 Å². The maximum atomic E-state index is 13.8. The van der Waals surface area contributed by atoms with E-state index in [2.05, 4.69) is 5.32 Å². The molecule has 1 saturated heterocycles. The molecule has 8 heteroatoms. The molecule has 2 aliphatic rings. The number of ether oxygens (including phenoxy) is 1. The normalized spacial score (nSPS) is 18.0. The summed E-state index contributed by atoms with van der Waals surface area (Å²) in [5.74, 6) is -1.03. The van der Waals surface area contributed by atoms with Crippen LogP contribution in [0.15, 0.2) is 42.5 Å². The number of benzene rings is 2. The summed E-state index contributed by atoms with van der Waals surface area (Å²) in [5, 5.41) is 2.72. The number of piperidine rings is 1. The lowest BCUT2D eigenvalue weighted by Gasteiger charge is -2.38. The summed E-state index contributed by atoms with van der Waals surface area (Å²) in [4.78, 5) is 29.2. The molecule has 1 unspecified atom stereocenters. The molecular weight excluding hydrogens is 416 g/mol. The molecule has 0 spiro atoms.